The molecule has 1 amide bonds. The van der Waals surface area contributed by atoms with Gasteiger partial charge < -0.3 is 9.92 Å². The van der Waals surface area contributed by atoms with Gasteiger partial charge in [0.05, 0.1) is 11.1 Å². The Morgan fingerprint density at radius 2 is 1.57 bits per heavy atom. The van der Waals surface area contributed by atoms with Gasteiger partial charge in [-0.1, -0.05) is 24.3 Å². The van der Waals surface area contributed by atoms with Crippen molar-refractivity contribution < 1.29 is 30.6 Å². The molecule has 5 nitrogen and oxygen atoms in total. The fourth-order valence-corrected chi connectivity index (χ4v) is 2.99. The highest BCUT2D eigenvalue weighted by atomic mass is 32.2. The number of carbonyl (C=O) groups excluding carboxylic acids is 1. The fraction of sp³-hybridized carbons (Fsp3) is 0.0714. The van der Waals surface area contributed by atoms with Gasteiger partial charge in [-0.05, 0) is 24.3 Å². The Balaban J connectivity index is 2.52. The quantitative estimate of drug-likeness (QED) is 0.863. The summed E-state index contributed by atoms with van der Waals surface area (Å²) in [6, 6.07) is 8.65. The van der Waals surface area contributed by atoms with Crippen LogP contribution in [0.25, 0.3) is 0 Å². The largest absolute Gasteiger partial charge is 0.417 e. The van der Waals surface area contributed by atoms with Gasteiger partial charge in [0.2, 0.25) is 0 Å². The Kier molecular flexibility index (Phi) is 4.33. The molecule has 0 saturated heterocycles. The van der Waals surface area contributed by atoms with Crippen LogP contribution < -0.4 is 9.92 Å². The summed E-state index contributed by atoms with van der Waals surface area (Å²) in [4.78, 5) is 10.2. The Bertz CT molecular complexity index is 847. The van der Waals surface area contributed by atoms with Gasteiger partial charge in [-0.25, -0.2) is 0 Å². The number of para-hydroxylation sites is 1. The van der Waals surface area contributed by atoms with Crippen molar-refractivity contribution in [1.82, 2.24) is 0 Å². The van der Waals surface area contributed by atoms with Gasteiger partial charge in [0.15, 0.2) is 5.75 Å². The number of rotatable bonds is 4. The average Bonchev–Trinajstić information content (AvgIpc) is 2.46. The van der Waals surface area contributed by atoms with Crippen LogP contribution in [0, 0.1) is 0 Å². The normalized spacial score (nSPS) is 12.0. The summed E-state index contributed by atoms with van der Waals surface area (Å²) in [5.74, 6) is -1.42. The Morgan fingerprint density at radius 1 is 1.00 bits per heavy atom. The van der Waals surface area contributed by atoms with E-state index in [1.807, 2.05) is 0 Å². The maximum Gasteiger partial charge on any atom is 0.417 e. The molecule has 0 aliphatic carbocycles. The van der Waals surface area contributed by atoms with Crippen molar-refractivity contribution in [2.75, 3.05) is 0 Å². The van der Waals surface area contributed by atoms with Crippen molar-refractivity contribution in [1.29, 1.82) is 0 Å². The van der Waals surface area contributed by atoms with E-state index in [0.29, 0.717) is 6.07 Å². The topological polar surface area (TPSA) is 86.5 Å². The molecule has 2 N–H and O–H groups in total. The monoisotopic (exact) mass is 345 g/mol. The summed E-state index contributed by atoms with van der Waals surface area (Å²) in [6.45, 7) is 0. The second kappa shape index (κ2) is 5.92. The predicted octanol–water partition coefficient (Wildman–Crippen LogP) is 2.57. The third-order valence-electron chi connectivity index (χ3n) is 2.81. The number of nitrogens with two attached hydrogens (primary N) is 1. The van der Waals surface area contributed by atoms with Crippen molar-refractivity contribution >= 4 is 16.0 Å². The third-order valence-corrected chi connectivity index (χ3v) is 4.11. The first-order chi connectivity index (χ1) is 10.6. The molecule has 0 atom stereocenters. The molecule has 23 heavy (non-hydrogen) atoms. The first-order valence-electron chi connectivity index (χ1n) is 6.12. The number of amides is 1. The van der Waals surface area contributed by atoms with Crippen LogP contribution in [0.2, 0.25) is 0 Å². The van der Waals surface area contributed by atoms with E-state index in [9.17, 15) is 26.4 Å². The zero-order valence-corrected chi connectivity index (χ0v) is 12.2. The summed E-state index contributed by atoms with van der Waals surface area (Å²) >= 11 is 0. The van der Waals surface area contributed by atoms with Gasteiger partial charge in [0.1, 0.15) is 4.90 Å². The van der Waals surface area contributed by atoms with E-state index >= 15 is 0 Å². The molecule has 2 rings (SSSR count). The van der Waals surface area contributed by atoms with Crippen molar-refractivity contribution in [3.8, 4) is 5.75 Å². The van der Waals surface area contributed by atoms with Crippen molar-refractivity contribution in [3.63, 3.8) is 0 Å². The molecule has 0 aliphatic rings. The van der Waals surface area contributed by atoms with Crippen LogP contribution in [0.1, 0.15) is 15.9 Å². The van der Waals surface area contributed by atoms with Crippen LogP contribution in [-0.4, -0.2) is 14.3 Å². The van der Waals surface area contributed by atoms with E-state index < -0.39 is 38.4 Å². The minimum atomic E-state index is -4.88. The lowest BCUT2D eigenvalue weighted by atomic mass is 10.2. The second-order valence-corrected chi connectivity index (χ2v) is 5.91. The molecule has 0 aromatic heterocycles. The van der Waals surface area contributed by atoms with Crippen LogP contribution in [0.3, 0.4) is 0 Å². The lowest BCUT2D eigenvalue weighted by molar-refractivity contribution is -0.139. The molecule has 0 radical (unpaired) electrons. The summed E-state index contributed by atoms with van der Waals surface area (Å²) < 4.78 is 67.8. The van der Waals surface area contributed by atoms with Crippen molar-refractivity contribution in [2.45, 2.75) is 11.1 Å². The lowest BCUT2D eigenvalue weighted by Crippen LogP contribution is -2.19. The molecule has 122 valence electrons. The zero-order valence-electron chi connectivity index (χ0n) is 11.4. The lowest BCUT2D eigenvalue weighted by Gasteiger charge is -2.14. The van der Waals surface area contributed by atoms with E-state index in [1.165, 1.54) is 18.2 Å². The molecule has 0 bridgehead atoms. The smallest absolute Gasteiger partial charge is 0.378 e. The highest BCUT2D eigenvalue weighted by molar-refractivity contribution is 7.87. The zero-order chi connectivity index (χ0) is 17.3. The molecule has 0 spiro atoms. The standard InChI is InChI=1S/C14H10F3NO4S/c15-14(16,17)10-6-2-4-8-12(10)23(20,21)22-11-7-3-1-5-9(11)13(18)19/h1-8H,(H2,18,19). The molecule has 0 saturated carbocycles. The molecular weight excluding hydrogens is 335 g/mol. The first kappa shape index (κ1) is 16.8. The highest BCUT2D eigenvalue weighted by Crippen LogP contribution is 2.35. The highest BCUT2D eigenvalue weighted by Gasteiger charge is 2.37. The van der Waals surface area contributed by atoms with Gasteiger partial charge in [-0.2, -0.15) is 21.6 Å². The van der Waals surface area contributed by atoms with Gasteiger partial charge >= 0.3 is 16.3 Å². The van der Waals surface area contributed by atoms with E-state index in [-0.39, 0.29) is 5.56 Å². The second-order valence-electron chi connectivity index (χ2n) is 4.39. The summed E-state index contributed by atoms with van der Waals surface area (Å²) in [6.07, 6.45) is -4.88. The number of carbonyl (C=O) groups is 1. The maximum absolute atomic E-state index is 12.9. The van der Waals surface area contributed by atoms with Gasteiger partial charge in [-0.15, -0.1) is 0 Å². The summed E-state index contributed by atoms with van der Waals surface area (Å²) in [5, 5.41) is 0. The number of hydrogen-bond donors (Lipinski definition) is 1. The number of hydrogen-bond acceptors (Lipinski definition) is 4. The van der Waals surface area contributed by atoms with E-state index in [4.69, 9.17) is 5.73 Å². The van der Waals surface area contributed by atoms with Gasteiger partial charge in [0.25, 0.3) is 5.91 Å². The Morgan fingerprint density at radius 3 is 2.17 bits per heavy atom. The molecule has 0 fully saturated rings. The third kappa shape index (κ3) is 3.62. The van der Waals surface area contributed by atoms with Crippen LogP contribution in [0.15, 0.2) is 53.4 Å². The minimum absolute atomic E-state index is 0.263. The van der Waals surface area contributed by atoms with Crippen LogP contribution in [-0.2, 0) is 16.3 Å². The molecular formula is C14H10F3NO4S. The number of benzene rings is 2. The van der Waals surface area contributed by atoms with E-state index in [2.05, 4.69) is 4.18 Å². The van der Waals surface area contributed by atoms with Crippen molar-refractivity contribution in [3.05, 3.63) is 59.7 Å². The first-order valence-corrected chi connectivity index (χ1v) is 7.53. The van der Waals surface area contributed by atoms with Crippen LogP contribution in [0.4, 0.5) is 13.2 Å². The van der Waals surface area contributed by atoms with Crippen LogP contribution >= 0.6 is 0 Å². The molecule has 2 aromatic rings. The predicted molar refractivity (Wildman–Crippen MR) is 74.2 cm³/mol. The summed E-state index contributed by atoms with van der Waals surface area (Å²) in [5.41, 5.74) is 3.45. The Labute approximate surface area is 129 Å². The SMILES string of the molecule is NC(=O)c1ccccc1OS(=O)(=O)c1ccccc1C(F)(F)F. The molecule has 9 heteroatoms. The molecule has 0 heterocycles. The minimum Gasteiger partial charge on any atom is -0.378 e. The van der Waals surface area contributed by atoms with E-state index in [1.54, 1.807) is 0 Å². The molecule has 0 aliphatic heterocycles. The number of halogens is 3. The average molecular weight is 345 g/mol. The van der Waals surface area contributed by atoms with Crippen molar-refractivity contribution in [2.24, 2.45) is 5.73 Å². The van der Waals surface area contributed by atoms with E-state index in [0.717, 1.165) is 24.3 Å². The number of primary amides is 1. The van der Waals surface area contributed by atoms with Crippen LogP contribution in [0.5, 0.6) is 5.75 Å². The Hall–Kier alpha value is -2.55. The summed E-state index contributed by atoms with van der Waals surface area (Å²) in [7, 11) is -4.81. The fourth-order valence-electron chi connectivity index (χ4n) is 1.82. The molecule has 0 unspecified atom stereocenters. The number of alkyl halides is 3. The maximum atomic E-state index is 12.9. The molecule has 2 aromatic carbocycles. The van der Waals surface area contributed by atoms with Gasteiger partial charge in [0, 0.05) is 0 Å². The van der Waals surface area contributed by atoms with Gasteiger partial charge in [-0.3, -0.25) is 4.79 Å².